The van der Waals surface area contributed by atoms with Crippen LogP contribution < -0.4 is 5.32 Å². The molecule has 140 valence electrons. The van der Waals surface area contributed by atoms with Crippen LogP contribution in [0.4, 0.5) is 19.6 Å². The van der Waals surface area contributed by atoms with Crippen LogP contribution >= 0.6 is 11.3 Å². The zero-order valence-electron chi connectivity index (χ0n) is 14.7. The number of aromatic nitrogens is 1. The highest BCUT2D eigenvalue weighted by Crippen LogP contribution is 2.31. The standard InChI is InChI=1S/C21H14F2N2O2S/c1-11-8-12(2-5-15(11)20(26)27)13-3-6-17(16(23)9-13)24-21-25-18-7-4-14(22)10-19(18)28-21/h2-10H,1H3,(H,24,25)(H,26,27). The normalized spacial score (nSPS) is 11.0. The minimum absolute atomic E-state index is 0.217. The molecule has 28 heavy (non-hydrogen) atoms. The minimum atomic E-state index is -0.995. The molecule has 4 aromatic rings. The maximum Gasteiger partial charge on any atom is 0.335 e. The van der Waals surface area contributed by atoms with Gasteiger partial charge in [-0.05, 0) is 60.0 Å². The van der Waals surface area contributed by atoms with E-state index in [4.69, 9.17) is 5.11 Å². The van der Waals surface area contributed by atoms with Crippen molar-refractivity contribution in [2.75, 3.05) is 5.32 Å². The van der Waals surface area contributed by atoms with E-state index in [2.05, 4.69) is 10.3 Å². The van der Waals surface area contributed by atoms with Crippen LogP contribution in [0.5, 0.6) is 0 Å². The number of aromatic carboxylic acids is 1. The summed E-state index contributed by atoms with van der Waals surface area (Å²) in [6, 6.07) is 13.9. The molecular weight excluding hydrogens is 382 g/mol. The van der Waals surface area contributed by atoms with Crippen LogP contribution in [-0.4, -0.2) is 16.1 Å². The summed E-state index contributed by atoms with van der Waals surface area (Å²) in [5.41, 5.74) is 3.07. The molecule has 4 nitrogen and oxygen atoms in total. The second kappa shape index (κ2) is 7.01. The van der Waals surface area contributed by atoms with Crippen LogP contribution in [0, 0.1) is 18.6 Å². The summed E-state index contributed by atoms with van der Waals surface area (Å²) in [7, 11) is 0. The maximum absolute atomic E-state index is 14.6. The van der Waals surface area contributed by atoms with Crippen LogP contribution in [0.3, 0.4) is 0 Å². The lowest BCUT2D eigenvalue weighted by atomic mass is 9.99. The highest BCUT2D eigenvalue weighted by Gasteiger charge is 2.11. The van der Waals surface area contributed by atoms with E-state index in [1.165, 1.54) is 35.6 Å². The number of hydrogen-bond donors (Lipinski definition) is 2. The number of aryl methyl sites for hydroxylation is 1. The number of nitrogens with zero attached hydrogens (tertiary/aromatic N) is 1. The van der Waals surface area contributed by atoms with Gasteiger partial charge in [0.15, 0.2) is 5.13 Å². The van der Waals surface area contributed by atoms with Crippen LogP contribution in [0.25, 0.3) is 21.3 Å². The van der Waals surface area contributed by atoms with Crippen molar-refractivity contribution < 1.29 is 18.7 Å². The van der Waals surface area contributed by atoms with Gasteiger partial charge in [-0.2, -0.15) is 0 Å². The first-order valence-electron chi connectivity index (χ1n) is 8.38. The van der Waals surface area contributed by atoms with Crippen LogP contribution in [-0.2, 0) is 0 Å². The molecule has 0 saturated heterocycles. The first-order valence-corrected chi connectivity index (χ1v) is 9.19. The molecule has 0 aliphatic heterocycles. The Bertz CT molecular complexity index is 1220. The third-order valence-electron chi connectivity index (χ3n) is 4.35. The summed E-state index contributed by atoms with van der Waals surface area (Å²) in [6.45, 7) is 1.70. The first-order chi connectivity index (χ1) is 13.4. The number of carboxylic acid groups (broad SMARTS) is 1. The van der Waals surface area contributed by atoms with Crippen molar-refractivity contribution >= 4 is 38.3 Å². The van der Waals surface area contributed by atoms with Crippen molar-refractivity contribution in [1.82, 2.24) is 4.98 Å². The van der Waals surface area contributed by atoms with Crippen LogP contribution in [0.1, 0.15) is 15.9 Å². The molecule has 0 atom stereocenters. The molecule has 0 bridgehead atoms. The quantitative estimate of drug-likeness (QED) is 0.445. The van der Waals surface area contributed by atoms with Gasteiger partial charge in [-0.15, -0.1) is 0 Å². The lowest BCUT2D eigenvalue weighted by Gasteiger charge is -2.09. The van der Waals surface area contributed by atoms with Gasteiger partial charge >= 0.3 is 5.97 Å². The Morgan fingerprint density at radius 2 is 1.79 bits per heavy atom. The Hall–Kier alpha value is -3.32. The lowest BCUT2D eigenvalue weighted by molar-refractivity contribution is 0.0696. The summed E-state index contributed by atoms with van der Waals surface area (Å²) >= 11 is 1.24. The Morgan fingerprint density at radius 1 is 1.04 bits per heavy atom. The SMILES string of the molecule is Cc1cc(-c2ccc(Nc3nc4ccc(F)cc4s3)c(F)c2)ccc1C(=O)O. The third-order valence-corrected chi connectivity index (χ3v) is 5.28. The van der Waals surface area contributed by atoms with Crippen LogP contribution in [0.2, 0.25) is 0 Å². The van der Waals surface area contributed by atoms with Gasteiger partial charge in [0, 0.05) is 0 Å². The summed E-state index contributed by atoms with van der Waals surface area (Å²) in [5, 5.41) is 12.5. The summed E-state index contributed by atoms with van der Waals surface area (Å²) < 4.78 is 28.6. The topological polar surface area (TPSA) is 62.2 Å². The van der Waals surface area contributed by atoms with Gasteiger partial charge in [-0.1, -0.05) is 29.5 Å². The first kappa shape index (κ1) is 18.1. The predicted octanol–water partition coefficient (Wildman–Crippen LogP) is 5.99. The van der Waals surface area contributed by atoms with E-state index in [0.29, 0.717) is 26.5 Å². The molecule has 0 spiro atoms. The van der Waals surface area contributed by atoms with Gasteiger partial charge in [0.1, 0.15) is 11.6 Å². The largest absolute Gasteiger partial charge is 0.478 e. The van der Waals surface area contributed by atoms with E-state index >= 15 is 0 Å². The number of anilines is 2. The van der Waals surface area contributed by atoms with Gasteiger partial charge in [-0.3, -0.25) is 0 Å². The molecular formula is C21H14F2N2O2S. The molecule has 0 saturated carbocycles. The number of carbonyl (C=O) groups is 1. The van der Waals surface area contributed by atoms with Crippen molar-refractivity contribution in [3.05, 3.63) is 77.4 Å². The Balaban J connectivity index is 1.62. The number of nitrogens with one attached hydrogen (secondary N) is 1. The molecule has 0 unspecified atom stereocenters. The molecule has 2 N–H and O–H groups in total. The van der Waals surface area contributed by atoms with Crippen molar-refractivity contribution in [2.45, 2.75) is 6.92 Å². The van der Waals surface area contributed by atoms with Gasteiger partial charge in [-0.25, -0.2) is 18.6 Å². The molecule has 0 aliphatic rings. The average Bonchev–Trinajstić information content (AvgIpc) is 3.04. The van der Waals surface area contributed by atoms with Crippen molar-refractivity contribution in [3.63, 3.8) is 0 Å². The molecule has 4 rings (SSSR count). The van der Waals surface area contributed by atoms with E-state index in [9.17, 15) is 13.6 Å². The fraction of sp³-hybridized carbons (Fsp3) is 0.0476. The van der Waals surface area contributed by atoms with Gasteiger partial charge < -0.3 is 10.4 Å². The molecule has 0 amide bonds. The van der Waals surface area contributed by atoms with E-state index in [1.807, 2.05) is 0 Å². The highest BCUT2D eigenvalue weighted by atomic mass is 32.1. The lowest BCUT2D eigenvalue weighted by Crippen LogP contribution is -1.99. The van der Waals surface area contributed by atoms with Gasteiger partial charge in [0.05, 0.1) is 21.5 Å². The van der Waals surface area contributed by atoms with Crippen LogP contribution in [0.15, 0.2) is 54.6 Å². The number of thiazole rings is 1. The Kier molecular flexibility index (Phi) is 4.52. The predicted molar refractivity (Wildman–Crippen MR) is 106 cm³/mol. The van der Waals surface area contributed by atoms with E-state index in [1.54, 1.807) is 37.3 Å². The fourth-order valence-electron chi connectivity index (χ4n) is 2.95. The van der Waals surface area contributed by atoms with Gasteiger partial charge in [0.25, 0.3) is 0 Å². The minimum Gasteiger partial charge on any atom is -0.478 e. The number of rotatable bonds is 4. The van der Waals surface area contributed by atoms with E-state index in [-0.39, 0.29) is 17.1 Å². The summed E-state index contributed by atoms with van der Waals surface area (Å²) in [6.07, 6.45) is 0. The Morgan fingerprint density at radius 3 is 2.50 bits per heavy atom. The third kappa shape index (κ3) is 3.44. The monoisotopic (exact) mass is 396 g/mol. The molecule has 0 radical (unpaired) electrons. The smallest absolute Gasteiger partial charge is 0.335 e. The van der Waals surface area contributed by atoms with Crippen molar-refractivity contribution in [1.29, 1.82) is 0 Å². The molecule has 3 aromatic carbocycles. The molecule has 7 heteroatoms. The number of benzene rings is 3. The molecule has 1 aromatic heterocycles. The summed E-state index contributed by atoms with van der Waals surface area (Å²) in [4.78, 5) is 15.5. The average molecular weight is 396 g/mol. The van der Waals surface area contributed by atoms with Gasteiger partial charge in [0.2, 0.25) is 0 Å². The summed E-state index contributed by atoms with van der Waals surface area (Å²) in [5.74, 6) is -1.81. The Labute approximate surface area is 163 Å². The molecule has 1 heterocycles. The number of hydrogen-bond acceptors (Lipinski definition) is 4. The number of carboxylic acids is 1. The van der Waals surface area contributed by atoms with E-state index in [0.717, 1.165) is 5.56 Å². The molecule has 0 aliphatic carbocycles. The maximum atomic E-state index is 14.6. The second-order valence-corrected chi connectivity index (χ2v) is 7.32. The zero-order valence-corrected chi connectivity index (χ0v) is 15.5. The van der Waals surface area contributed by atoms with Crippen molar-refractivity contribution in [2.24, 2.45) is 0 Å². The number of fused-ring (bicyclic) bond motifs is 1. The van der Waals surface area contributed by atoms with Crippen molar-refractivity contribution in [3.8, 4) is 11.1 Å². The van der Waals surface area contributed by atoms with E-state index < -0.39 is 11.8 Å². The zero-order chi connectivity index (χ0) is 19.8. The second-order valence-electron chi connectivity index (χ2n) is 6.29. The fourth-order valence-corrected chi connectivity index (χ4v) is 3.85. The number of halogens is 2. The molecule has 0 fully saturated rings. The highest BCUT2D eigenvalue weighted by molar-refractivity contribution is 7.22.